The number of hydrogen-bond donors (Lipinski definition) is 2. The van der Waals surface area contributed by atoms with Crippen LogP contribution in [0.3, 0.4) is 0 Å². The van der Waals surface area contributed by atoms with Crippen LogP contribution in [0.25, 0.3) is 0 Å². The first kappa shape index (κ1) is 51.7. The standard InChI is InChI=1S/C52H63N3O13/c56-46(53-44-21-13-20-43-48(44)51(60)55(50(43)59)45-23-24-47(57)54-49(45)58)22-11-4-12-25-61-26-27-62-28-29-63-30-31-64-32-33-65-34-35-66-36-37-67-38-39-68-52(40-14-5-1-6-15-40,41-16-7-2-8-17-41)42-18-9-3-10-19-42/h1-3,5-10,13-21,45H,4,11-12,22-39H2,(H,53,56)(H,54,57,58). The lowest BCUT2D eigenvalue weighted by atomic mass is 9.80. The van der Waals surface area contributed by atoms with Gasteiger partial charge in [0.05, 0.1) is 109 Å². The molecule has 2 heterocycles. The van der Waals surface area contributed by atoms with Gasteiger partial charge < -0.3 is 43.2 Å². The van der Waals surface area contributed by atoms with Crippen LogP contribution >= 0.6 is 0 Å². The number of fused-ring (bicyclic) bond motifs is 1. The van der Waals surface area contributed by atoms with E-state index in [1.807, 2.05) is 54.6 Å². The zero-order chi connectivity index (χ0) is 47.7. The number of ether oxygens (including phenoxy) is 8. The highest BCUT2D eigenvalue weighted by Crippen LogP contribution is 2.40. The number of benzene rings is 4. The first-order chi connectivity index (χ1) is 33.4. The van der Waals surface area contributed by atoms with E-state index in [0.29, 0.717) is 106 Å². The number of anilines is 1. The van der Waals surface area contributed by atoms with Crippen LogP contribution in [0.1, 0.15) is 75.9 Å². The number of rotatable bonds is 33. The minimum atomic E-state index is -1.08. The predicted molar refractivity (Wildman–Crippen MR) is 251 cm³/mol. The molecule has 0 radical (unpaired) electrons. The number of piperidine rings is 1. The summed E-state index contributed by atoms with van der Waals surface area (Å²) >= 11 is 0. The second-order valence-corrected chi connectivity index (χ2v) is 15.9. The summed E-state index contributed by atoms with van der Waals surface area (Å²) < 4.78 is 46.2. The normalized spacial score (nSPS) is 14.9. The molecule has 4 aromatic rings. The van der Waals surface area contributed by atoms with E-state index in [2.05, 4.69) is 47.0 Å². The summed E-state index contributed by atoms with van der Waals surface area (Å²) in [6.07, 6.45) is 2.43. The fraction of sp³-hybridized carbons (Fsp3) is 0.442. The van der Waals surface area contributed by atoms with Crippen molar-refractivity contribution in [3.8, 4) is 0 Å². The largest absolute Gasteiger partial charge is 0.379 e. The van der Waals surface area contributed by atoms with Crippen LogP contribution in [0.2, 0.25) is 0 Å². The van der Waals surface area contributed by atoms with Crippen LogP contribution < -0.4 is 10.6 Å². The average molecular weight is 938 g/mol. The lowest BCUT2D eigenvalue weighted by Crippen LogP contribution is -2.54. The van der Waals surface area contributed by atoms with Crippen molar-refractivity contribution in [3.63, 3.8) is 0 Å². The minimum Gasteiger partial charge on any atom is -0.379 e. The van der Waals surface area contributed by atoms with Gasteiger partial charge >= 0.3 is 0 Å². The highest BCUT2D eigenvalue weighted by molar-refractivity contribution is 6.26. The third kappa shape index (κ3) is 15.2. The lowest BCUT2D eigenvalue weighted by molar-refractivity contribution is -0.136. The van der Waals surface area contributed by atoms with Gasteiger partial charge in [-0.15, -0.1) is 0 Å². The summed E-state index contributed by atoms with van der Waals surface area (Å²) in [5.74, 6) is -2.72. The number of imide groups is 2. The van der Waals surface area contributed by atoms with Crippen LogP contribution in [-0.4, -0.2) is 140 Å². The van der Waals surface area contributed by atoms with E-state index in [1.54, 1.807) is 12.1 Å². The summed E-state index contributed by atoms with van der Waals surface area (Å²) in [6.45, 7) is 6.76. The van der Waals surface area contributed by atoms with Gasteiger partial charge in [-0.1, -0.05) is 103 Å². The molecule has 5 amide bonds. The number of hydrogen-bond acceptors (Lipinski definition) is 13. The van der Waals surface area contributed by atoms with E-state index in [9.17, 15) is 24.0 Å². The Morgan fingerprint density at radius 3 is 1.46 bits per heavy atom. The first-order valence-corrected chi connectivity index (χ1v) is 23.4. The molecule has 0 aromatic heterocycles. The van der Waals surface area contributed by atoms with E-state index >= 15 is 0 Å². The van der Waals surface area contributed by atoms with Gasteiger partial charge in [0, 0.05) is 19.4 Å². The van der Waals surface area contributed by atoms with Gasteiger partial charge in [0.25, 0.3) is 11.8 Å². The molecule has 1 atom stereocenters. The van der Waals surface area contributed by atoms with Crippen LogP contribution in [0.15, 0.2) is 109 Å². The lowest BCUT2D eigenvalue weighted by Gasteiger charge is -2.36. The molecule has 0 bridgehead atoms. The van der Waals surface area contributed by atoms with Crippen LogP contribution in [0.4, 0.5) is 5.69 Å². The Bertz CT molecular complexity index is 2080. The summed E-state index contributed by atoms with van der Waals surface area (Å²) in [6, 6.07) is 34.4. The summed E-state index contributed by atoms with van der Waals surface area (Å²) in [5, 5.41) is 4.92. The number of amides is 5. The molecular weight excluding hydrogens is 875 g/mol. The van der Waals surface area contributed by atoms with Gasteiger partial charge in [-0.2, -0.15) is 0 Å². The fourth-order valence-corrected chi connectivity index (χ4v) is 7.94. The minimum absolute atomic E-state index is 0.0266. The monoisotopic (exact) mass is 937 g/mol. The van der Waals surface area contributed by atoms with Crippen LogP contribution in [-0.2, 0) is 57.9 Å². The van der Waals surface area contributed by atoms with Crippen molar-refractivity contribution < 1.29 is 61.9 Å². The summed E-state index contributed by atoms with van der Waals surface area (Å²) in [5.41, 5.74) is 2.76. The molecule has 16 heteroatoms. The Morgan fingerprint density at radius 1 is 0.529 bits per heavy atom. The molecule has 2 aliphatic heterocycles. The number of nitrogens with one attached hydrogen (secondary N) is 2. The number of carbonyl (C=O) groups is 5. The number of nitrogens with zero attached hydrogens (tertiary/aromatic N) is 1. The maximum absolute atomic E-state index is 13.2. The maximum Gasteiger partial charge on any atom is 0.264 e. The van der Waals surface area contributed by atoms with Gasteiger partial charge in [0.2, 0.25) is 17.7 Å². The van der Waals surface area contributed by atoms with E-state index < -0.39 is 35.3 Å². The quantitative estimate of drug-likeness (QED) is 0.0337. The molecule has 1 saturated heterocycles. The zero-order valence-corrected chi connectivity index (χ0v) is 38.6. The van der Waals surface area contributed by atoms with E-state index in [0.717, 1.165) is 34.4 Å². The smallest absolute Gasteiger partial charge is 0.264 e. The molecular formula is C52H63N3O13. The molecule has 16 nitrogen and oxygen atoms in total. The molecule has 0 saturated carbocycles. The fourth-order valence-electron chi connectivity index (χ4n) is 7.94. The second-order valence-electron chi connectivity index (χ2n) is 15.9. The Hall–Kier alpha value is -5.69. The van der Waals surface area contributed by atoms with Gasteiger partial charge in [-0.05, 0) is 48.1 Å². The van der Waals surface area contributed by atoms with Crippen LogP contribution in [0, 0.1) is 0 Å². The second kappa shape index (κ2) is 28.6. The van der Waals surface area contributed by atoms with Gasteiger partial charge in [0.1, 0.15) is 11.6 Å². The molecule has 0 aliphatic carbocycles. The van der Waals surface area contributed by atoms with E-state index in [1.165, 1.54) is 6.07 Å². The van der Waals surface area contributed by atoms with E-state index in [4.69, 9.17) is 37.9 Å². The van der Waals surface area contributed by atoms with Crippen molar-refractivity contribution in [2.24, 2.45) is 0 Å². The number of carbonyl (C=O) groups excluding carboxylic acids is 5. The van der Waals surface area contributed by atoms with Gasteiger partial charge in [0.15, 0.2) is 0 Å². The molecule has 0 spiro atoms. The molecule has 2 aliphatic rings. The van der Waals surface area contributed by atoms with Crippen LogP contribution in [0.5, 0.6) is 0 Å². The molecule has 6 rings (SSSR count). The average Bonchev–Trinajstić information content (AvgIpc) is 3.62. The van der Waals surface area contributed by atoms with Crippen molar-refractivity contribution in [1.82, 2.24) is 10.2 Å². The van der Waals surface area contributed by atoms with Crippen molar-refractivity contribution in [2.45, 2.75) is 50.2 Å². The first-order valence-electron chi connectivity index (χ1n) is 23.4. The van der Waals surface area contributed by atoms with Crippen molar-refractivity contribution in [3.05, 3.63) is 137 Å². The maximum atomic E-state index is 13.2. The predicted octanol–water partition coefficient (Wildman–Crippen LogP) is 5.71. The Kier molecular flexibility index (Phi) is 21.7. The highest BCUT2D eigenvalue weighted by atomic mass is 16.6. The topological polar surface area (TPSA) is 186 Å². The number of unbranched alkanes of at least 4 members (excludes halogenated alkanes) is 2. The molecule has 2 N–H and O–H groups in total. The Labute approximate surface area is 397 Å². The highest BCUT2D eigenvalue weighted by Gasteiger charge is 2.46. The molecule has 68 heavy (non-hydrogen) atoms. The molecule has 1 fully saturated rings. The van der Waals surface area contributed by atoms with Crippen molar-refractivity contribution >= 4 is 35.2 Å². The molecule has 1 unspecified atom stereocenters. The summed E-state index contributed by atoms with van der Waals surface area (Å²) in [7, 11) is 0. The Balaban J connectivity index is 0.689. The molecule has 4 aromatic carbocycles. The third-order valence-corrected chi connectivity index (χ3v) is 11.3. The van der Waals surface area contributed by atoms with E-state index in [-0.39, 0.29) is 42.0 Å². The third-order valence-electron chi connectivity index (χ3n) is 11.3. The van der Waals surface area contributed by atoms with Gasteiger partial charge in [-0.3, -0.25) is 34.2 Å². The zero-order valence-electron chi connectivity index (χ0n) is 38.6. The summed E-state index contributed by atoms with van der Waals surface area (Å²) in [4.78, 5) is 63.7. The van der Waals surface area contributed by atoms with Crippen molar-refractivity contribution in [1.29, 1.82) is 0 Å². The molecule has 364 valence electrons. The SMILES string of the molecule is O=C1CCC(N2C(=O)c3cccc(NC(=O)CCCCCOCCOCCOCCOCCOCCOCCOCCOC(c4ccccc4)(c4ccccc4)c4ccccc4)c3C2=O)C(=O)N1. The Morgan fingerprint density at radius 2 is 0.985 bits per heavy atom. The van der Waals surface area contributed by atoms with Gasteiger partial charge in [-0.25, -0.2) is 0 Å². The van der Waals surface area contributed by atoms with Crippen molar-refractivity contribution in [2.75, 3.05) is 104 Å².